The number of hydrogen-bond donors (Lipinski definition) is 2. The zero-order valence-corrected chi connectivity index (χ0v) is 10.1. The van der Waals surface area contributed by atoms with Gasteiger partial charge in [0.2, 0.25) is 0 Å². The molecule has 0 unspecified atom stereocenters. The molecule has 0 bridgehead atoms. The Balaban J connectivity index is 2.08. The van der Waals surface area contributed by atoms with Gasteiger partial charge in [-0.25, -0.2) is 4.39 Å². The van der Waals surface area contributed by atoms with Crippen LogP contribution in [-0.2, 0) is 0 Å². The summed E-state index contributed by atoms with van der Waals surface area (Å²) in [6, 6.07) is 12.0. The van der Waals surface area contributed by atoms with Crippen molar-refractivity contribution < 1.29 is 4.39 Å². The second-order valence-corrected chi connectivity index (χ2v) is 4.26. The highest BCUT2D eigenvalue weighted by molar-refractivity contribution is 5.95. The first kappa shape index (κ1) is 11.5. The third kappa shape index (κ3) is 2.20. The summed E-state index contributed by atoms with van der Waals surface area (Å²) in [5.74, 6) is -0.324. The summed E-state index contributed by atoms with van der Waals surface area (Å²) in [6.45, 7) is 0. The van der Waals surface area contributed by atoms with E-state index in [2.05, 4.69) is 10.3 Å². The topological polar surface area (TPSA) is 50.9 Å². The Kier molecular flexibility index (Phi) is 2.76. The molecule has 0 saturated carbocycles. The quantitative estimate of drug-likeness (QED) is 0.685. The monoisotopic (exact) mass is 253 g/mol. The van der Waals surface area contributed by atoms with Crippen molar-refractivity contribution in [2.75, 3.05) is 11.1 Å². The van der Waals surface area contributed by atoms with Gasteiger partial charge in [-0.1, -0.05) is 12.1 Å². The minimum Gasteiger partial charge on any atom is -0.397 e. The van der Waals surface area contributed by atoms with E-state index in [1.807, 2.05) is 24.3 Å². The molecule has 0 aliphatic rings. The van der Waals surface area contributed by atoms with Crippen molar-refractivity contribution in [2.45, 2.75) is 0 Å². The van der Waals surface area contributed by atoms with Gasteiger partial charge in [0, 0.05) is 23.5 Å². The highest BCUT2D eigenvalue weighted by Gasteiger charge is 2.04. The summed E-state index contributed by atoms with van der Waals surface area (Å²) in [4.78, 5) is 4.11. The fraction of sp³-hybridized carbons (Fsp3) is 0. The van der Waals surface area contributed by atoms with Gasteiger partial charge < -0.3 is 11.1 Å². The van der Waals surface area contributed by atoms with Crippen LogP contribution in [0.15, 0.2) is 54.9 Å². The van der Waals surface area contributed by atoms with E-state index in [0.29, 0.717) is 11.4 Å². The van der Waals surface area contributed by atoms with Crippen LogP contribution in [0.25, 0.3) is 10.8 Å². The number of nitrogen functional groups attached to an aromatic ring is 1. The van der Waals surface area contributed by atoms with E-state index in [4.69, 9.17) is 5.73 Å². The molecule has 3 nitrogen and oxygen atoms in total. The molecule has 0 radical (unpaired) electrons. The fourth-order valence-electron chi connectivity index (χ4n) is 2.00. The van der Waals surface area contributed by atoms with Gasteiger partial charge >= 0.3 is 0 Å². The fourth-order valence-corrected chi connectivity index (χ4v) is 2.00. The van der Waals surface area contributed by atoms with Gasteiger partial charge in [0.05, 0.1) is 11.4 Å². The second-order valence-electron chi connectivity index (χ2n) is 4.26. The van der Waals surface area contributed by atoms with Crippen LogP contribution in [0, 0.1) is 5.82 Å². The molecule has 1 heterocycles. The normalized spacial score (nSPS) is 10.6. The third-order valence-electron chi connectivity index (χ3n) is 2.97. The van der Waals surface area contributed by atoms with E-state index < -0.39 is 0 Å². The number of hydrogen-bond acceptors (Lipinski definition) is 3. The lowest BCUT2D eigenvalue weighted by Crippen LogP contribution is -1.97. The predicted molar refractivity (Wildman–Crippen MR) is 75.8 cm³/mol. The molecule has 4 heteroatoms. The van der Waals surface area contributed by atoms with Gasteiger partial charge in [-0.15, -0.1) is 0 Å². The number of rotatable bonds is 2. The van der Waals surface area contributed by atoms with Crippen LogP contribution in [0.4, 0.5) is 21.5 Å². The third-order valence-corrected chi connectivity index (χ3v) is 2.97. The second kappa shape index (κ2) is 4.57. The molecule has 1 aromatic heterocycles. The van der Waals surface area contributed by atoms with Crippen LogP contribution in [0.1, 0.15) is 0 Å². The summed E-state index contributed by atoms with van der Waals surface area (Å²) in [5, 5.41) is 5.18. The molecule has 0 aliphatic carbocycles. The minimum absolute atomic E-state index is 0.324. The zero-order valence-electron chi connectivity index (χ0n) is 10.1. The number of nitrogens with zero attached hydrogens (tertiary/aromatic N) is 1. The minimum atomic E-state index is -0.324. The maximum Gasteiger partial charge on any atom is 0.125 e. The van der Waals surface area contributed by atoms with Crippen molar-refractivity contribution in [3.63, 3.8) is 0 Å². The van der Waals surface area contributed by atoms with Crippen LogP contribution >= 0.6 is 0 Å². The first-order valence-corrected chi connectivity index (χ1v) is 5.89. The molecular weight excluding hydrogens is 241 g/mol. The molecule has 19 heavy (non-hydrogen) atoms. The van der Waals surface area contributed by atoms with E-state index >= 15 is 0 Å². The van der Waals surface area contributed by atoms with Crippen LogP contribution in [0.3, 0.4) is 0 Å². The summed E-state index contributed by atoms with van der Waals surface area (Å²) >= 11 is 0. The summed E-state index contributed by atoms with van der Waals surface area (Å²) in [6.07, 6.45) is 3.51. The first-order valence-electron chi connectivity index (χ1n) is 5.89. The average Bonchev–Trinajstić information content (AvgIpc) is 2.43. The number of anilines is 3. The molecule has 0 amide bonds. The number of halogens is 1. The van der Waals surface area contributed by atoms with E-state index in [1.165, 1.54) is 12.1 Å². The SMILES string of the molecule is Nc1ccc(F)cc1Nc1cccc2ccncc12. The van der Waals surface area contributed by atoms with Gasteiger partial charge in [0.1, 0.15) is 5.82 Å². The molecular formula is C15H12FN3. The lowest BCUT2D eigenvalue weighted by Gasteiger charge is -2.11. The molecule has 0 fully saturated rings. The number of fused-ring (bicyclic) bond motifs is 1. The van der Waals surface area contributed by atoms with E-state index in [0.717, 1.165) is 16.5 Å². The number of aromatic nitrogens is 1. The van der Waals surface area contributed by atoms with Gasteiger partial charge in [-0.05, 0) is 35.7 Å². The van der Waals surface area contributed by atoms with Crippen LogP contribution < -0.4 is 11.1 Å². The van der Waals surface area contributed by atoms with Crippen molar-refractivity contribution in [1.82, 2.24) is 4.98 Å². The molecule has 0 atom stereocenters. The van der Waals surface area contributed by atoms with Crippen molar-refractivity contribution in [1.29, 1.82) is 0 Å². The van der Waals surface area contributed by atoms with Crippen molar-refractivity contribution in [3.8, 4) is 0 Å². The predicted octanol–water partition coefficient (Wildman–Crippen LogP) is 3.70. The Morgan fingerprint density at radius 1 is 1.05 bits per heavy atom. The van der Waals surface area contributed by atoms with Crippen LogP contribution in [0.2, 0.25) is 0 Å². The highest BCUT2D eigenvalue weighted by Crippen LogP contribution is 2.28. The Morgan fingerprint density at radius 2 is 1.95 bits per heavy atom. The molecule has 94 valence electrons. The van der Waals surface area contributed by atoms with Crippen molar-refractivity contribution in [2.24, 2.45) is 0 Å². The van der Waals surface area contributed by atoms with Crippen molar-refractivity contribution in [3.05, 3.63) is 60.7 Å². The van der Waals surface area contributed by atoms with E-state index in [1.54, 1.807) is 18.5 Å². The van der Waals surface area contributed by atoms with E-state index in [9.17, 15) is 4.39 Å². The Morgan fingerprint density at radius 3 is 2.84 bits per heavy atom. The lowest BCUT2D eigenvalue weighted by molar-refractivity contribution is 0.628. The van der Waals surface area contributed by atoms with Gasteiger partial charge in [-0.3, -0.25) is 4.98 Å². The number of pyridine rings is 1. The standard InChI is InChI=1S/C15H12FN3/c16-11-4-5-13(17)15(8-11)19-14-3-1-2-10-6-7-18-9-12(10)14/h1-9,19H,17H2. The van der Waals surface area contributed by atoms with Gasteiger partial charge in [0.25, 0.3) is 0 Å². The average molecular weight is 253 g/mol. The molecule has 0 saturated heterocycles. The lowest BCUT2D eigenvalue weighted by atomic mass is 10.1. The molecule has 0 aliphatic heterocycles. The Labute approximate surface area is 109 Å². The molecule has 3 aromatic rings. The summed E-state index contributed by atoms with van der Waals surface area (Å²) < 4.78 is 13.3. The maximum atomic E-state index is 13.3. The van der Waals surface area contributed by atoms with Crippen LogP contribution in [-0.4, -0.2) is 4.98 Å². The zero-order chi connectivity index (χ0) is 13.2. The highest BCUT2D eigenvalue weighted by atomic mass is 19.1. The number of benzene rings is 2. The molecule has 3 rings (SSSR count). The van der Waals surface area contributed by atoms with Gasteiger partial charge in [-0.2, -0.15) is 0 Å². The smallest absolute Gasteiger partial charge is 0.125 e. The molecule has 0 spiro atoms. The maximum absolute atomic E-state index is 13.3. The van der Waals surface area contributed by atoms with Crippen LogP contribution in [0.5, 0.6) is 0 Å². The van der Waals surface area contributed by atoms with E-state index in [-0.39, 0.29) is 5.82 Å². The summed E-state index contributed by atoms with van der Waals surface area (Å²) in [5.41, 5.74) is 7.74. The van der Waals surface area contributed by atoms with Gasteiger partial charge in [0.15, 0.2) is 0 Å². The number of nitrogens with two attached hydrogens (primary N) is 1. The number of nitrogens with one attached hydrogen (secondary N) is 1. The molecule has 3 N–H and O–H groups in total. The van der Waals surface area contributed by atoms with Crippen molar-refractivity contribution >= 4 is 27.8 Å². The Bertz CT molecular complexity index is 735. The first-order chi connectivity index (χ1) is 9.24. The Hall–Kier alpha value is -2.62. The summed E-state index contributed by atoms with van der Waals surface area (Å²) in [7, 11) is 0. The molecule has 2 aromatic carbocycles. The largest absolute Gasteiger partial charge is 0.397 e.